The molecule has 3 rings (SSSR count). The molecule has 0 aliphatic carbocycles. The first-order valence-electron chi connectivity index (χ1n) is 7.85. The lowest BCUT2D eigenvalue weighted by Crippen LogP contribution is -2.39. The minimum Gasteiger partial charge on any atom is -0.483 e. The van der Waals surface area contributed by atoms with Gasteiger partial charge in [-0.05, 0) is 30.9 Å². The monoisotopic (exact) mass is 347 g/mol. The summed E-state index contributed by atoms with van der Waals surface area (Å²) in [6.07, 6.45) is 6.65. The van der Waals surface area contributed by atoms with Gasteiger partial charge in [-0.2, -0.15) is 4.98 Å². The van der Waals surface area contributed by atoms with E-state index in [9.17, 15) is 4.79 Å². The summed E-state index contributed by atoms with van der Waals surface area (Å²) in [7, 11) is 0. The van der Waals surface area contributed by atoms with Crippen LogP contribution in [0.5, 0.6) is 0 Å². The number of nitrogen functional groups attached to an aromatic ring is 1. The summed E-state index contributed by atoms with van der Waals surface area (Å²) in [5.74, 6) is 1.56. The van der Waals surface area contributed by atoms with Crippen molar-refractivity contribution < 1.29 is 19.1 Å². The van der Waals surface area contributed by atoms with Crippen LogP contribution in [0.25, 0.3) is 0 Å². The molecule has 0 aromatic carbocycles. The second-order valence-electron chi connectivity index (χ2n) is 5.53. The number of carboxylic acid groups (broad SMARTS) is 1. The van der Waals surface area contributed by atoms with Gasteiger partial charge < -0.3 is 25.5 Å². The maximum atomic E-state index is 11.9. The van der Waals surface area contributed by atoms with Crippen LogP contribution in [0.3, 0.4) is 0 Å². The van der Waals surface area contributed by atoms with E-state index in [-0.39, 0.29) is 12.4 Å². The molecule has 0 radical (unpaired) electrons. The molecule has 1 amide bonds. The largest absolute Gasteiger partial charge is 0.483 e. The fourth-order valence-corrected chi connectivity index (χ4v) is 2.64. The van der Waals surface area contributed by atoms with Crippen LogP contribution in [0.4, 0.5) is 11.8 Å². The van der Waals surface area contributed by atoms with Crippen molar-refractivity contribution in [1.82, 2.24) is 15.3 Å². The van der Waals surface area contributed by atoms with Crippen molar-refractivity contribution in [3.8, 4) is 0 Å². The molecule has 25 heavy (non-hydrogen) atoms. The normalized spacial score (nSPS) is 14.3. The third kappa shape index (κ3) is 5.48. The molecule has 0 bridgehead atoms. The molecule has 1 aliphatic rings. The Kier molecular flexibility index (Phi) is 6.76. The van der Waals surface area contributed by atoms with E-state index in [1.165, 1.54) is 12.5 Å². The van der Waals surface area contributed by atoms with Crippen molar-refractivity contribution in [3.63, 3.8) is 0 Å². The van der Waals surface area contributed by atoms with E-state index in [0.29, 0.717) is 24.0 Å². The van der Waals surface area contributed by atoms with Gasteiger partial charge in [0.1, 0.15) is 12.1 Å². The van der Waals surface area contributed by atoms with Gasteiger partial charge in [-0.3, -0.25) is 9.59 Å². The maximum absolute atomic E-state index is 11.9. The summed E-state index contributed by atoms with van der Waals surface area (Å²) >= 11 is 0. The van der Waals surface area contributed by atoms with Gasteiger partial charge in [0, 0.05) is 25.8 Å². The fraction of sp³-hybridized carbons (Fsp3) is 0.375. The summed E-state index contributed by atoms with van der Waals surface area (Å²) in [4.78, 5) is 30.6. The molecule has 0 atom stereocenters. The predicted molar refractivity (Wildman–Crippen MR) is 91.1 cm³/mol. The van der Waals surface area contributed by atoms with Gasteiger partial charge in [0.15, 0.2) is 0 Å². The molecule has 9 heteroatoms. The number of carbonyl (C=O) groups is 2. The molecule has 0 unspecified atom stereocenters. The maximum Gasteiger partial charge on any atom is 0.290 e. The van der Waals surface area contributed by atoms with Gasteiger partial charge >= 0.3 is 0 Å². The molecular formula is C16H21N5O4. The highest BCUT2D eigenvalue weighted by molar-refractivity contribution is 5.93. The smallest absolute Gasteiger partial charge is 0.290 e. The molecule has 134 valence electrons. The third-order valence-electron chi connectivity index (χ3n) is 3.93. The van der Waals surface area contributed by atoms with Gasteiger partial charge in [-0.25, -0.2) is 4.98 Å². The lowest BCUT2D eigenvalue weighted by molar-refractivity contribution is -0.122. The molecule has 1 fully saturated rings. The third-order valence-corrected chi connectivity index (χ3v) is 3.93. The Bertz CT molecular complexity index is 669. The zero-order valence-corrected chi connectivity index (χ0v) is 13.7. The highest BCUT2D eigenvalue weighted by Gasteiger charge is 2.21. The van der Waals surface area contributed by atoms with E-state index in [1.807, 2.05) is 6.07 Å². The first-order valence-corrected chi connectivity index (χ1v) is 7.85. The van der Waals surface area contributed by atoms with Crippen LogP contribution in [0, 0.1) is 5.92 Å². The van der Waals surface area contributed by atoms with Crippen molar-refractivity contribution in [2.45, 2.75) is 12.8 Å². The molecule has 2 aromatic heterocycles. The van der Waals surface area contributed by atoms with Crippen molar-refractivity contribution in [2.75, 3.05) is 30.3 Å². The highest BCUT2D eigenvalue weighted by Crippen LogP contribution is 2.21. The molecule has 0 spiro atoms. The predicted octanol–water partition coefficient (Wildman–Crippen LogP) is 0.999. The SMILES string of the molecule is Nc1nccc(N2CCC(CNC(=O)c3ccoc3)CC2)n1.O=CO. The van der Waals surface area contributed by atoms with E-state index in [0.717, 1.165) is 31.7 Å². The molecule has 1 aliphatic heterocycles. The molecule has 3 heterocycles. The topological polar surface area (TPSA) is 135 Å². The number of hydrogen-bond acceptors (Lipinski definition) is 7. The average molecular weight is 347 g/mol. The van der Waals surface area contributed by atoms with Crippen molar-refractivity contribution in [2.24, 2.45) is 5.92 Å². The summed E-state index contributed by atoms with van der Waals surface area (Å²) < 4.78 is 4.91. The number of hydrogen-bond donors (Lipinski definition) is 3. The first-order chi connectivity index (χ1) is 12.1. The first kappa shape index (κ1) is 18.2. The Hall–Kier alpha value is -3.10. The van der Waals surface area contributed by atoms with E-state index in [1.54, 1.807) is 12.3 Å². The van der Waals surface area contributed by atoms with E-state index < -0.39 is 0 Å². The zero-order chi connectivity index (χ0) is 18.1. The number of nitrogens with two attached hydrogens (primary N) is 1. The van der Waals surface area contributed by atoms with Gasteiger partial charge in [0.05, 0.1) is 11.8 Å². The number of aromatic nitrogens is 2. The second-order valence-corrected chi connectivity index (χ2v) is 5.53. The lowest BCUT2D eigenvalue weighted by Gasteiger charge is -2.32. The molecule has 0 saturated carbocycles. The quantitative estimate of drug-likeness (QED) is 0.697. The Labute approximate surface area is 144 Å². The lowest BCUT2D eigenvalue weighted by atomic mass is 9.96. The van der Waals surface area contributed by atoms with Crippen LogP contribution in [0.2, 0.25) is 0 Å². The van der Waals surface area contributed by atoms with Crippen LogP contribution in [0.1, 0.15) is 23.2 Å². The Morgan fingerprint density at radius 1 is 1.44 bits per heavy atom. The molecule has 4 N–H and O–H groups in total. The van der Waals surface area contributed by atoms with Crippen LogP contribution in [0.15, 0.2) is 35.3 Å². The molecule has 2 aromatic rings. The van der Waals surface area contributed by atoms with Gasteiger partial charge in [-0.15, -0.1) is 0 Å². The van der Waals surface area contributed by atoms with Crippen molar-refractivity contribution in [3.05, 3.63) is 36.4 Å². The number of rotatable bonds is 4. The number of piperidine rings is 1. The Morgan fingerprint density at radius 2 is 2.16 bits per heavy atom. The van der Waals surface area contributed by atoms with E-state index in [2.05, 4.69) is 20.2 Å². The van der Waals surface area contributed by atoms with E-state index >= 15 is 0 Å². The number of amides is 1. The molecular weight excluding hydrogens is 326 g/mol. The minimum absolute atomic E-state index is 0.0836. The fourth-order valence-electron chi connectivity index (χ4n) is 2.64. The Morgan fingerprint density at radius 3 is 2.76 bits per heavy atom. The van der Waals surface area contributed by atoms with E-state index in [4.69, 9.17) is 20.1 Å². The summed E-state index contributed by atoms with van der Waals surface area (Å²) in [5, 5.41) is 9.84. The van der Waals surface area contributed by atoms with Crippen LogP contribution in [-0.4, -0.2) is 47.1 Å². The average Bonchev–Trinajstić information content (AvgIpc) is 3.16. The van der Waals surface area contributed by atoms with Crippen LogP contribution >= 0.6 is 0 Å². The molecule has 1 saturated heterocycles. The summed E-state index contributed by atoms with van der Waals surface area (Å²) in [6.45, 7) is 2.25. The minimum atomic E-state index is -0.250. The number of nitrogens with one attached hydrogen (secondary N) is 1. The summed E-state index contributed by atoms with van der Waals surface area (Å²) in [5.41, 5.74) is 6.18. The van der Waals surface area contributed by atoms with Gasteiger partial charge in [0.25, 0.3) is 12.4 Å². The number of anilines is 2. The zero-order valence-electron chi connectivity index (χ0n) is 13.7. The van der Waals surface area contributed by atoms with Crippen molar-refractivity contribution >= 4 is 24.1 Å². The standard InChI is InChI=1S/C15H19N5O2.CH2O2/c16-15-17-5-1-13(19-15)20-6-2-11(3-7-20)9-18-14(21)12-4-8-22-10-12;2-1-3/h1,4-5,8,10-11H,2-3,6-7,9H2,(H,18,21)(H2,16,17,19);1H,(H,2,3). The number of carbonyl (C=O) groups excluding carboxylic acids is 1. The molecule has 9 nitrogen and oxygen atoms in total. The number of furan rings is 1. The highest BCUT2D eigenvalue weighted by atomic mass is 16.3. The number of nitrogens with zero attached hydrogens (tertiary/aromatic N) is 3. The summed E-state index contributed by atoms with van der Waals surface area (Å²) in [6, 6.07) is 3.54. The second kappa shape index (κ2) is 9.26. The Balaban J connectivity index is 0.000000701. The van der Waals surface area contributed by atoms with Crippen molar-refractivity contribution in [1.29, 1.82) is 0 Å². The van der Waals surface area contributed by atoms with Gasteiger partial charge in [0.2, 0.25) is 5.95 Å². The van der Waals surface area contributed by atoms with Crippen LogP contribution in [-0.2, 0) is 4.79 Å². The van der Waals surface area contributed by atoms with Gasteiger partial charge in [-0.1, -0.05) is 0 Å². The van der Waals surface area contributed by atoms with Crippen LogP contribution < -0.4 is 16.0 Å².